The number of ether oxygens (including phenoxy) is 1. The molecule has 0 aliphatic carbocycles. The molecule has 3 N–H and O–H groups in total. The highest BCUT2D eigenvalue weighted by atomic mass is 32.1. The van der Waals surface area contributed by atoms with Gasteiger partial charge in [-0.3, -0.25) is 0 Å². The van der Waals surface area contributed by atoms with E-state index in [1.54, 1.807) is 12.1 Å². The number of thiophene rings is 1. The van der Waals surface area contributed by atoms with E-state index in [0.29, 0.717) is 16.1 Å². The second kappa shape index (κ2) is 3.39. The van der Waals surface area contributed by atoms with Gasteiger partial charge in [0.05, 0.1) is 12.8 Å². The van der Waals surface area contributed by atoms with Crippen LogP contribution in [0.2, 0.25) is 0 Å². The van der Waals surface area contributed by atoms with Gasteiger partial charge < -0.3 is 15.6 Å². The number of rotatable bonds is 2. The van der Waals surface area contributed by atoms with Crippen molar-refractivity contribution in [3.8, 4) is 5.88 Å². The number of pyridine rings is 1. The predicted octanol–water partition coefficient (Wildman–Crippen LogP) is 1.59. The molecule has 2 rings (SSSR count). The van der Waals surface area contributed by atoms with E-state index in [1.165, 1.54) is 7.11 Å². The van der Waals surface area contributed by atoms with Gasteiger partial charge in [-0.25, -0.2) is 9.78 Å². The maximum Gasteiger partial charge on any atom is 0.348 e. The Hall–Kier alpha value is -1.82. The number of hydrogen-bond donors (Lipinski definition) is 2. The van der Waals surface area contributed by atoms with Crippen LogP contribution < -0.4 is 10.5 Å². The van der Waals surface area contributed by atoms with Crippen molar-refractivity contribution in [2.75, 3.05) is 12.8 Å². The van der Waals surface area contributed by atoms with Crippen LogP contribution in [-0.2, 0) is 0 Å². The number of carboxylic acids is 1. The van der Waals surface area contributed by atoms with Crippen molar-refractivity contribution in [3.05, 3.63) is 17.0 Å². The van der Waals surface area contributed by atoms with Gasteiger partial charge in [0.2, 0.25) is 5.88 Å². The monoisotopic (exact) mass is 224 g/mol. The normalized spacial score (nSPS) is 10.5. The van der Waals surface area contributed by atoms with Crippen molar-refractivity contribution in [3.63, 3.8) is 0 Å². The minimum atomic E-state index is -1.03. The lowest BCUT2D eigenvalue weighted by Crippen LogP contribution is -1.96. The predicted molar refractivity (Wildman–Crippen MR) is 57.5 cm³/mol. The molecule has 0 bridgehead atoms. The first-order chi connectivity index (χ1) is 7.13. The lowest BCUT2D eigenvalue weighted by molar-refractivity contribution is 0.0703. The van der Waals surface area contributed by atoms with Crippen LogP contribution in [0.25, 0.3) is 10.2 Å². The summed E-state index contributed by atoms with van der Waals surface area (Å²) in [6.07, 6.45) is 0. The summed E-state index contributed by atoms with van der Waals surface area (Å²) >= 11 is 1.05. The largest absolute Gasteiger partial charge is 0.481 e. The highest BCUT2D eigenvalue weighted by Crippen LogP contribution is 2.33. The molecule has 0 aliphatic rings. The molecule has 15 heavy (non-hydrogen) atoms. The van der Waals surface area contributed by atoms with Gasteiger partial charge in [-0.05, 0) is 6.07 Å². The molecule has 5 nitrogen and oxygen atoms in total. The summed E-state index contributed by atoms with van der Waals surface area (Å²) in [5, 5.41) is 9.52. The average molecular weight is 224 g/mol. The Morgan fingerprint density at radius 3 is 2.93 bits per heavy atom. The third kappa shape index (κ3) is 1.48. The van der Waals surface area contributed by atoms with Crippen LogP contribution in [-0.4, -0.2) is 23.2 Å². The Morgan fingerprint density at radius 2 is 2.33 bits per heavy atom. The molecule has 0 fully saturated rings. The molecule has 6 heteroatoms. The van der Waals surface area contributed by atoms with Crippen LogP contribution in [0.1, 0.15) is 9.67 Å². The van der Waals surface area contributed by atoms with Gasteiger partial charge >= 0.3 is 5.97 Å². The van der Waals surface area contributed by atoms with E-state index in [-0.39, 0.29) is 10.6 Å². The Labute approximate surface area is 89.1 Å². The topological polar surface area (TPSA) is 85.4 Å². The molecule has 0 aromatic carbocycles. The minimum Gasteiger partial charge on any atom is -0.481 e. The van der Waals surface area contributed by atoms with Gasteiger partial charge in [-0.15, -0.1) is 11.3 Å². The number of hydrogen-bond acceptors (Lipinski definition) is 5. The molecule has 0 unspecified atom stereocenters. The molecule has 0 radical (unpaired) electrons. The van der Waals surface area contributed by atoms with Crippen LogP contribution in [0.15, 0.2) is 12.1 Å². The fourth-order valence-corrected chi connectivity index (χ4v) is 2.18. The Balaban J connectivity index is 2.70. The maximum absolute atomic E-state index is 10.8. The van der Waals surface area contributed by atoms with Crippen molar-refractivity contribution in [1.82, 2.24) is 4.98 Å². The lowest BCUT2D eigenvalue weighted by Gasteiger charge is -1.96. The molecule has 0 saturated carbocycles. The van der Waals surface area contributed by atoms with E-state index in [9.17, 15) is 4.79 Å². The number of aromatic carboxylic acids is 1. The zero-order valence-electron chi connectivity index (χ0n) is 7.85. The number of carbonyl (C=O) groups is 1. The summed E-state index contributed by atoms with van der Waals surface area (Å²) in [6.45, 7) is 0. The molecule has 2 aromatic rings. The quantitative estimate of drug-likeness (QED) is 0.808. The highest BCUT2D eigenvalue weighted by Gasteiger charge is 2.16. The van der Waals surface area contributed by atoms with Crippen LogP contribution in [0.3, 0.4) is 0 Å². The van der Waals surface area contributed by atoms with E-state index in [0.717, 1.165) is 11.3 Å². The van der Waals surface area contributed by atoms with Gasteiger partial charge in [-0.1, -0.05) is 0 Å². The number of carboxylic acid groups (broad SMARTS) is 1. The minimum absolute atomic E-state index is 0.116. The number of aromatic nitrogens is 1. The van der Waals surface area contributed by atoms with Gasteiger partial charge in [0.15, 0.2) is 0 Å². The van der Waals surface area contributed by atoms with Crippen LogP contribution in [0, 0.1) is 0 Å². The van der Waals surface area contributed by atoms with Gasteiger partial charge in [0, 0.05) is 11.5 Å². The van der Waals surface area contributed by atoms with Crippen molar-refractivity contribution in [2.45, 2.75) is 0 Å². The smallest absolute Gasteiger partial charge is 0.348 e. The summed E-state index contributed by atoms with van der Waals surface area (Å²) in [6, 6.07) is 3.36. The SMILES string of the molecule is COc1ccc2c(N)c(C(=O)O)sc2n1. The second-order valence-electron chi connectivity index (χ2n) is 2.86. The van der Waals surface area contributed by atoms with Gasteiger partial charge in [0.25, 0.3) is 0 Å². The number of nitrogen functional groups attached to an aromatic ring is 1. The highest BCUT2D eigenvalue weighted by molar-refractivity contribution is 7.21. The molecular formula is C9H8N2O3S. The van der Waals surface area contributed by atoms with E-state index < -0.39 is 5.97 Å². The Kier molecular flexibility index (Phi) is 2.20. The first kappa shape index (κ1) is 9.72. The summed E-state index contributed by atoms with van der Waals surface area (Å²) in [5.41, 5.74) is 5.94. The zero-order chi connectivity index (χ0) is 11.0. The molecule has 0 aliphatic heterocycles. The molecular weight excluding hydrogens is 216 g/mol. The first-order valence-corrected chi connectivity index (χ1v) is 4.91. The third-order valence-electron chi connectivity index (χ3n) is 1.97. The maximum atomic E-state index is 10.8. The summed E-state index contributed by atoms with van der Waals surface area (Å²) in [4.78, 5) is 15.6. The second-order valence-corrected chi connectivity index (χ2v) is 3.86. The standard InChI is InChI=1S/C9H8N2O3S/c1-14-5-3-2-4-6(10)7(9(12)13)15-8(4)11-5/h2-3H,10H2,1H3,(H,12,13). The fourth-order valence-electron chi connectivity index (χ4n) is 1.25. The number of anilines is 1. The molecule has 0 atom stereocenters. The number of fused-ring (bicyclic) bond motifs is 1. The molecule has 0 spiro atoms. The zero-order valence-corrected chi connectivity index (χ0v) is 8.67. The number of methoxy groups -OCH3 is 1. The first-order valence-electron chi connectivity index (χ1n) is 4.09. The van der Waals surface area contributed by atoms with Crippen molar-refractivity contribution in [2.24, 2.45) is 0 Å². The number of nitrogens with zero attached hydrogens (tertiary/aromatic N) is 1. The molecule has 78 valence electrons. The average Bonchev–Trinajstić information content (AvgIpc) is 2.55. The van der Waals surface area contributed by atoms with Gasteiger partial charge in [0.1, 0.15) is 9.71 Å². The fraction of sp³-hybridized carbons (Fsp3) is 0.111. The molecule has 0 amide bonds. The van der Waals surface area contributed by atoms with Crippen molar-refractivity contribution >= 4 is 33.2 Å². The van der Waals surface area contributed by atoms with E-state index in [4.69, 9.17) is 15.6 Å². The Morgan fingerprint density at radius 1 is 1.60 bits per heavy atom. The van der Waals surface area contributed by atoms with Crippen LogP contribution in [0.5, 0.6) is 5.88 Å². The van der Waals surface area contributed by atoms with E-state index in [1.807, 2.05) is 0 Å². The van der Waals surface area contributed by atoms with E-state index in [2.05, 4.69) is 4.98 Å². The lowest BCUT2D eigenvalue weighted by atomic mass is 10.2. The van der Waals surface area contributed by atoms with Crippen molar-refractivity contribution < 1.29 is 14.6 Å². The third-order valence-corrected chi connectivity index (χ3v) is 3.07. The molecule has 2 aromatic heterocycles. The van der Waals surface area contributed by atoms with E-state index >= 15 is 0 Å². The van der Waals surface area contributed by atoms with Gasteiger partial charge in [-0.2, -0.15) is 0 Å². The number of nitrogens with two attached hydrogens (primary N) is 1. The van der Waals surface area contributed by atoms with Crippen molar-refractivity contribution in [1.29, 1.82) is 0 Å². The summed E-state index contributed by atoms with van der Waals surface area (Å²) in [5.74, 6) is -0.588. The molecule has 0 saturated heterocycles. The van der Waals surface area contributed by atoms with Crippen LogP contribution >= 0.6 is 11.3 Å². The van der Waals surface area contributed by atoms with Crippen LogP contribution in [0.4, 0.5) is 5.69 Å². The summed E-state index contributed by atoms with van der Waals surface area (Å²) < 4.78 is 4.94. The summed E-state index contributed by atoms with van der Waals surface area (Å²) in [7, 11) is 1.50. The Bertz CT molecular complexity index is 535. The molecule has 2 heterocycles.